The van der Waals surface area contributed by atoms with Crippen molar-refractivity contribution in [1.29, 1.82) is 0 Å². The van der Waals surface area contributed by atoms with Gasteiger partial charge in [0.15, 0.2) is 0 Å². The van der Waals surface area contributed by atoms with E-state index in [2.05, 4.69) is 15.3 Å². The molecule has 0 saturated carbocycles. The molecule has 18 heavy (non-hydrogen) atoms. The third kappa shape index (κ3) is 2.78. The van der Waals surface area contributed by atoms with E-state index in [9.17, 15) is 0 Å². The van der Waals surface area contributed by atoms with E-state index in [1.165, 1.54) is 0 Å². The number of rotatable bonds is 4. The third-order valence-electron chi connectivity index (χ3n) is 2.65. The number of nitrogens with one attached hydrogen (secondary N) is 1. The predicted molar refractivity (Wildman–Crippen MR) is 73.4 cm³/mol. The fourth-order valence-corrected chi connectivity index (χ4v) is 2.02. The summed E-state index contributed by atoms with van der Waals surface area (Å²) in [4.78, 5) is 8.22. The zero-order valence-electron chi connectivity index (χ0n) is 10.1. The Labute approximate surface area is 111 Å². The maximum absolute atomic E-state index is 5.99. The van der Waals surface area contributed by atoms with Crippen LogP contribution in [-0.2, 0) is 0 Å². The van der Waals surface area contributed by atoms with Crippen LogP contribution >= 0.6 is 11.6 Å². The first kappa shape index (κ1) is 12.8. The van der Waals surface area contributed by atoms with Crippen LogP contribution in [0.3, 0.4) is 0 Å². The van der Waals surface area contributed by atoms with E-state index in [4.69, 9.17) is 17.3 Å². The summed E-state index contributed by atoms with van der Waals surface area (Å²) in [6.45, 7) is 2.85. The summed E-state index contributed by atoms with van der Waals surface area (Å²) in [7, 11) is 0. The Hall–Kier alpha value is -1.65. The van der Waals surface area contributed by atoms with Crippen molar-refractivity contribution in [3.05, 3.63) is 52.9 Å². The van der Waals surface area contributed by atoms with E-state index in [0.717, 1.165) is 17.7 Å². The number of nitrogens with two attached hydrogens (primary N) is 1. The molecular formula is C13H15ClN4. The lowest BCUT2D eigenvalue weighted by molar-refractivity contribution is 0.628. The Kier molecular flexibility index (Phi) is 4.12. The molecule has 2 heterocycles. The zero-order valence-corrected chi connectivity index (χ0v) is 10.9. The highest BCUT2D eigenvalue weighted by molar-refractivity contribution is 6.30. The highest BCUT2D eigenvalue weighted by Crippen LogP contribution is 2.27. The second kappa shape index (κ2) is 5.80. The van der Waals surface area contributed by atoms with E-state index in [1.54, 1.807) is 12.4 Å². The molecule has 1 unspecified atom stereocenters. The summed E-state index contributed by atoms with van der Waals surface area (Å²) < 4.78 is 0. The maximum Gasteiger partial charge on any atom is 0.128 e. The van der Waals surface area contributed by atoms with E-state index >= 15 is 0 Å². The highest BCUT2D eigenvalue weighted by Gasteiger charge is 2.16. The number of anilines is 1. The van der Waals surface area contributed by atoms with Gasteiger partial charge in [-0.1, -0.05) is 24.6 Å². The second-order valence-electron chi connectivity index (χ2n) is 3.91. The fourth-order valence-electron chi connectivity index (χ4n) is 1.85. The molecule has 5 heteroatoms. The number of hydrogen-bond donors (Lipinski definition) is 2. The topological polar surface area (TPSA) is 63.8 Å². The minimum atomic E-state index is -0.0464. The van der Waals surface area contributed by atoms with Gasteiger partial charge in [-0.15, -0.1) is 0 Å². The molecule has 3 N–H and O–H groups in total. The van der Waals surface area contributed by atoms with Gasteiger partial charge in [0, 0.05) is 24.2 Å². The molecule has 2 aromatic rings. The Bertz CT molecular complexity index is 516. The van der Waals surface area contributed by atoms with Crippen LogP contribution in [0.25, 0.3) is 0 Å². The van der Waals surface area contributed by atoms with Gasteiger partial charge in [0.2, 0.25) is 0 Å². The molecule has 2 rings (SSSR count). The molecule has 2 aromatic heterocycles. The summed E-state index contributed by atoms with van der Waals surface area (Å²) in [5.74, 6) is 0.481. The van der Waals surface area contributed by atoms with E-state index in [1.807, 2.05) is 31.3 Å². The van der Waals surface area contributed by atoms with E-state index < -0.39 is 0 Å². The normalized spacial score (nSPS) is 12.3. The molecule has 1 atom stereocenters. The van der Waals surface area contributed by atoms with Crippen molar-refractivity contribution >= 4 is 17.4 Å². The summed E-state index contributed by atoms with van der Waals surface area (Å²) in [5.41, 5.74) is 7.84. The van der Waals surface area contributed by atoms with Crippen molar-refractivity contribution in [2.24, 2.45) is 0 Å². The third-order valence-corrected chi connectivity index (χ3v) is 2.86. The summed E-state index contributed by atoms with van der Waals surface area (Å²) in [5, 5.41) is 3.94. The zero-order chi connectivity index (χ0) is 13.0. The first-order valence-corrected chi connectivity index (χ1v) is 6.14. The molecule has 0 saturated heterocycles. The van der Waals surface area contributed by atoms with Crippen LogP contribution in [0.4, 0.5) is 5.82 Å². The molecule has 0 aliphatic rings. The van der Waals surface area contributed by atoms with Gasteiger partial charge in [-0.2, -0.15) is 0 Å². The van der Waals surface area contributed by atoms with Gasteiger partial charge in [-0.3, -0.25) is 4.98 Å². The van der Waals surface area contributed by atoms with Crippen molar-refractivity contribution in [3.8, 4) is 0 Å². The minimum absolute atomic E-state index is 0.0464. The molecule has 0 radical (unpaired) electrons. The quantitative estimate of drug-likeness (QED) is 0.888. The lowest BCUT2D eigenvalue weighted by atomic mass is 10.0. The molecule has 0 bridgehead atoms. The summed E-state index contributed by atoms with van der Waals surface area (Å²) in [6.07, 6.45) is 5.10. The average Bonchev–Trinajstić information content (AvgIpc) is 2.40. The number of pyridine rings is 2. The Balaban J connectivity index is 2.44. The van der Waals surface area contributed by atoms with Crippen molar-refractivity contribution in [2.45, 2.75) is 13.0 Å². The summed E-state index contributed by atoms with van der Waals surface area (Å²) >= 11 is 5.99. The van der Waals surface area contributed by atoms with Crippen LogP contribution in [0, 0.1) is 0 Å². The molecule has 0 spiro atoms. The van der Waals surface area contributed by atoms with Gasteiger partial charge >= 0.3 is 0 Å². The van der Waals surface area contributed by atoms with Gasteiger partial charge in [-0.25, -0.2) is 4.98 Å². The van der Waals surface area contributed by atoms with Crippen LogP contribution in [0.15, 0.2) is 36.8 Å². The predicted octanol–water partition coefficient (Wildman–Crippen LogP) is 2.41. The number of nitrogen functional groups attached to an aromatic ring is 1. The lowest BCUT2D eigenvalue weighted by Gasteiger charge is -2.19. The standard InChI is InChI=1S/C13H15ClN4/c1-2-17-12(9-4-3-5-16-7-9)11-6-10(14)8-18-13(11)15/h3-8,12,17H,2H2,1H3,(H2,15,18). The van der Waals surface area contributed by atoms with E-state index in [0.29, 0.717) is 10.8 Å². The lowest BCUT2D eigenvalue weighted by Crippen LogP contribution is -2.23. The van der Waals surface area contributed by atoms with Gasteiger partial charge < -0.3 is 11.1 Å². The summed E-state index contributed by atoms with van der Waals surface area (Å²) in [6, 6.07) is 5.69. The van der Waals surface area contributed by atoms with Crippen molar-refractivity contribution < 1.29 is 0 Å². The molecule has 0 fully saturated rings. The first-order valence-electron chi connectivity index (χ1n) is 5.76. The number of aromatic nitrogens is 2. The minimum Gasteiger partial charge on any atom is -0.383 e. The number of hydrogen-bond acceptors (Lipinski definition) is 4. The van der Waals surface area contributed by atoms with Gasteiger partial charge in [0.05, 0.1) is 11.1 Å². The van der Waals surface area contributed by atoms with Crippen LogP contribution < -0.4 is 11.1 Å². The first-order chi connectivity index (χ1) is 8.72. The SMILES string of the molecule is CCNC(c1cccnc1)c1cc(Cl)cnc1N. The van der Waals surface area contributed by atoms with Crippen molar-refractivity contribution in [1.82, 2.24) is 15.3 Å². The second-order valence-corrected chi connectivity index (χ2v) is 4.34. The molecule has 4 nitrogen and oxygen atoms in total. The van der Waals surface area contributed by atoms with Crippen LogP contribution in [-0.4, -0.2) is 16.5 Å². The average molecular weight is 263 g/mol. The molecule has 0 aromatic carbocycles. The molecule has 0 aliphatic carbocycles. The molecule has 0 amide bonds. The monoisotopic (exact) mass is 262 g/mol. The van der Waals surface area contributed by atoms with Crippen LogP contribution in [0.5, 0.6) is 0 Å². The largest absolute Gasteiger partial charge is 0.383 e. The Morgan fingerprint density at radius 3 is 2.94 bits per heavy atom. The van der Waals surface area contributed by atoms with E-state index in [-0.39, 0.29) is 6.04 Å². The van der Waals surface area contributed by atoms with Gasteiger partial charge in [0.1, 0.15) is 5.82 Å². The van der Waals surface area contributed by atoms with Gasteiger partial charge in [-0.05, 0) is 24.2 Å². The van der Waals surface area contributed by atoms with Crippen LogP contribution in [0.1, 0.15) is 24.1 Å². The van der Waals surface area contributed by atoms with Crippen molar-refractivity contribution in [3.63, 3.8) is 0 Å². The van der Waals surface area contributed by atoms with Crippen molar-refractivity contribution in [2.75, 3.05) is 12.3 Å². The number of halogens is 1. The maximum atomic E-state index is 5.99. The van der Waals surface area contributed by atoms with Gasteiger partial charge in [0.25, 0.3) is 0 Å². The smallest absolute Gasteiger partial charge is 0.128 e. The van der Waals surface area contributed by atoms with Crippen LogP contribution in [0.2, 0.25) is 5.02 Å². The molecular weight excluding hydrogens is 248 g/mol. The Morgan fingerprint density at radius 1 is 1.44 bits per heavy atom. The molecule has 0 aliphatic heterocycles. The fraction of sp³-hybridized carbons (Fsp3) is 0.231. The molecule has 94 valence electrons. The highest BCUT2D eigenvalue weighted by atomic mass is 35.5. The number of nitrogens with zero attached hydrogens (tertiary/aromatic N) is 2. The Morgan fingerprint density at radius 2 is 2.28 bits per heavy atom.